The first-order valence-corrected chi connectivity index (χ1v) is 10.1. The van der Waals surface area contributed by atoms with Gasteiger partial charge in [0.15, 0.2) is 5.78 Å². The summed E-state index contributed by atoms with van der Waals surface area (Å²) in [5, 5.41) is 17.4. The van der Waals surface area contributed by atoms with Crippen LogP contribution in [0.15, 0.2) is 65.1 Å². The Bertz CT molecular complexity index is 1150. The van der Waals surface area contributed by atoms with Crippen molar-refractivity contribution in [3.05, 3.63) is 86.4 Å². The van der Waals surface area contributed by atoms with Gasteiger partial charge in [-0.1, -0.05) is 18.2 Å². The van der Waals surface area contributed by atoms with E-state index in [0.29, 0.717) is 41.1 Å². The van der Waals surface area contributed by atoms with Gasteiger partial charge in [-0.25, -0.2) is 4.98 Å². The Morgan fingerprint density at radius 1 is 1.23 bits per heavy atom. The minimum atomic E-state index is -0.686. The number of allylic oxidation sites excluding steroid dienone is 3. The minimum absolute atomic E-state index is 0.0449. The number of non-ortho nitro benzene ring substituents is 1. The lowest BCUT2D eigenvalue weighted by molar-refractivity contribution is -0.384. The number of benzene rings is 1. The SMILES string of the molecule is CC1=C(C(=O)Nc2ccc(C)cn2)C(c2cccc([N+](=O)[O-])c2)C2=C(CCCC2=O)N1. The Morgan fingerprint density at radius 2 is 2.03 bits per heavy atom. The Balaban J connectivity index is 1.80. The van der Waals surface area contributed by atoms with E-state index in [2.05, 4.69) is 15.6 Å². The monoisotopic (exact) mass is 418 g/mol. The van der Waals surface area contributed by atoms with E-state index >= 15 is 0 Å². The number of nitrogens with one attached hydrogen (secondary N) is 2. The number of aromatic nitrogens is 1. The van der Waals surface area contributed by atoms with Crippen molar-refractivity contribution in [2.24, 2.45) is 0 Å². The molecule has 0 spiro atoms. The molecule has 8 nitrogen and oxygen atoms in total. The summed E-state index contributed by atoms with van der Waals surface area (Å²) >= 11 is 0. The molecular formula is C23H22N4O4. The molecule has 1 aromatic carbocycles. The number of anilines is 1. The second-order valence-electron chi connectivity index (χ2n) is 7.79. The van der Waals surface area contributed by atoms with E-state index in [9.17, 15) is 19.7 Å². The van der Waals surface area contributed by atoms with Gasteiger partial charge in [0.25, 0.3) is 11.6 Å². The smallest absolute Gasteiger partial charge is 0.269 e. The molecular weight excluding hydrogens is 396 g/mol. The molecule has 2 heterocycles. The van der Waals surface area contributed by atoms with Crippen molar-refractivity contribution in [2.45, 2.75) is 39.0 Å². The van der Waals surface area contributed by atoms with Gasteiger partial charge >= 0.3 is 0 Å². The predicted molar refractivity (Wildman–Crippen MR) is 115 cm³/mol. The average Bonchev–Trinajstić information content (AvgIpc) is 2.74. The molecule has 4 rings (SSSR count). The number of nitrogens with zero attached hydrogens (tertiary/aromatic N) is 2. The minimum Gasteiger partial charge on any atom is -0.362 e. The molecule has 8 heteroatoms. The fraction of sp³-hybridized carbons (Fsp3) is 0.261. The number of rotatable bonds is 4. The fourth-order valence-electron chi connectivity index (χ4n) is 4.16. The quantitative estimate of drug-likeness (QED) is 0.575. The molecule has 0 radical (unpaired) electrons. The number of dihydropyridines is 1. The summed E-state index contributed by atoms with van der Waals surface area (Å²) in [6.45, 7) is 3.68. The molecule has 0 bridgehead atoms. The topological polar surface area (TPSA) is 114 Å². The number of nitro benzene ring substituents is 1. The van der Waals surface area contributed by atoms with Gasteiger partial charge in [0.1, 0.15) is 5.82 Å². The third kappa shape index (κ3) is 3.96. The molecule has 158 valence electrons. The number of amides is 1. The molecule has 1 unspecified atom stereocenters. The maximum absolute atomic E-state index is 13.3. The van der Waals surface area contributed by atoms with E-state index in [1.165, 1.54) is 12.1 Å². The van der Waals surface area contributed by atoms with Crippen LogP contribution in [0, 0.1) is 17.0 Å². The molecule has 2 aliphatic rings. The second kappa shape index (κ2) is 8.14. The zero-order chi connectivity index (χ0) is 22.1. The van der Waals surface area contributed by atoms with E-state index in [1.54, 1.807) is 31.3 Å². The first kappa shape index (κ1) is 20.5. The van der Waals surface area contributed by atoms with Crippen LogP contribution in [0.2, 0.25) is 0 Å². The third-order valence-electron chi connectivity index (χ3n) is 5.59. The highest BCUT2D eigenvalue weighted by Crippen LogP contribution is 2.43. The lowest BCUT2D eigenvalue weighted by atomic mass is 9.75. The van der Waals surface area contributed by atoms with Gasteiger partial charge in [-0.3, -0.25) is 19.7 Å². The lowest BCUT2D eigenvalue weighted by Crippen LogP contribution is -2.35. The van der Waals surface area contributed by atoms with Crippen molar-refractivity contribution in [2.75, 3.05) is 5.32 Å². The molecule has 31 heavy (non-hydrogen) atoms. The van der Waals surface area contributed by atoms with Crippen molar-refractivity contribution in [1.29, 1.82) is 0 Å². The van der Waals surface area contributed by atoms with Crippen LogP contribution in [0.1, 0.15) is 43.2 Å². The summed E-state index contributed by atoms with van der Waals surface area (Å²) in [5.41, 5.74) is 3.70. The van der Waals surface area contributed by atoms with Gasteiger partial charge in [0.2, 0.25) is 0 Å². The zero-order valence-corrected chi connectivity index (χ0v) is 17.3. The molecule has 1 aliphatic carbocycles. The van der Waals surface area contributed by atoms with Crippen LogP contribution in [0.3, 0.4) is 0 Å². The van der Waals surface area contributed by atoms with Gasteiger partial charge in [0, 0.05) is 53.2 Å². The van der Waals surface area contributed by atoms with Gasteiger partial charge < -0.3 is 10.6 Å². The number of pyridine rings is 1. The van der Waals surface area contributed by atoms with Crippen molar-refractivity contribution in [1.82, 2.24) is 10.3 Å². The summed E-state index contributed by atoms with van der Waals surface area (Å²) in [7, 11) is 0. The van der Waals surface area contributed by atoms with Gasteiger partial charge in [0.05, 0.1) is 4.92 Å². The number of hydrogen-bond donors (Lipinski definition) is 2. The van der Waals surface area contributed by atoms with Crippen molar-refractivity contribution in [3.63, 3.8) is 0 Å². The van der Waals surface area contributed by atoms with Crippen molar-refractivity contribution in [3.8, 4) is 0 Å². The molecule has 2 aromatic rings. The summed E-state index contributed by atoms with van der Waals surface area (Å²) in [6, 6.07) is 9.68. The standard InChI is InChI=1S/C23H22N4O4/c1-13-9-10-19(24-12-13)26-23(29)20-14(2)25-17-7-4-8-18(28)22(17)21(20)15-5-3-6-16(11-15)27(30)31/h3,5-6,9-12,21,25H,4,7-8H2,1-2H3,(H,24,26,29). The van der Waals surface area contributed by atoms with Crippen LogP contribution < -0.4 is 10.6 Å². The zero-order valence-electron chi connectivity index (χ0n) is 17.3. The maximum atomic E-state index is 13.3. The first-order valence-electron chi connectivity index (χ1n) is 10.1. The summed E-state index contributed by atoms with van der Waals surface area (Å²) < 4.78 is 0. The number of aryl methyl sites for hydroxylation is 1. The Labute approximate surface area is 179 Å². The molecule has 1 aromatic heterocycles. The number of hydrogen-bond acceptors (Lipinski definition) is 6. The van der Waals surface area contributed by atoms with E-state index in [4.69, 9.17) is 0 Å². The van der Waals surface area contributed by atoms with E-state index in [0.717, 1.165) is 17.7 Å². The second-order valence-corrected chi connectivity index (χ2v) is 7.79. The predicted octanol–water partition coefficient (Wildman–Crippen LogP) is 3.90. The average molecular weight is 418 g/mol. The summed E-state index contributed by atoms with van der Waals surface area (Å²) in [6.07, 6.45) is 3.46. The van der Waals surface area contributed by atoms with Gasteiger partial charge in [-0.15, -0.1) is 0 Å². The highest BCUT2D eigenvalue weighted by atomic mass is 16.6. The van der Waals surface area contributed by atoms with E-state index < -0.39 is 16.7 Å². The number of carbonyl (C=O) groups is 2. The van der Waals surface area contributed by atoms with Crippen LogP contribution in [0.4, 0.5) is 11.5 Å². The molecule has 2 N–H and O–H groups in total. The van der Waals surface area contributed by atoms with Crippen molar-refractivity contribution < 1.29 is 14.5 Å². The Hall–Kier alpha value is -3.81. The van der Waals surface area contributed by atoms with E-state index in [-0.39, 0.29) is 11.5 Å². The lowest BCUT2D eigenvalue weighted by Gasteiger charge is -2.34. The molecule has 1 aliphatic heterocycles. The number of nitro groups is 1. The van der Waals surface area contributed by atoms with Crippen LogP contribution in [0.5, 0.6) is 0 Å². The maximum Gasteiger partial charge on any atom is 0.269 e. The molecule has 0 fully saturated rings. The molecule has 0 saturated heterocycles. The van der Waals surface area contributed by atoms with E-state index in [1.807, 2.05) is 13.0 Å². The molecule has 0 saturated carbocycles. The first-order chi connectivity index (χ1) is 14.8. The normalized spacial score (nSPS) is 18.4. The van der Waals surface area contributed by atoms with Crippen LogP contribution >= 0.6 is 0 Å². The molecule has 1 atom stereocenters. The number of carbonyl (C=O) groups excluding carboxylic acids is 2. The summed E-state index contributed by atoms with van der Waals surface area (Å²) in [5.74, 6) is -0.739. The van der Waals surface area contributed by atoms with Crippen LogP contribution in [0.25, 0.3) is 0 Å². The Morgan fingerprint density at radius 3 is 2.74 bits per heavy atom. The van der Waals surface area contributed by atoms with Crippen LogP contribution in [-0.4, -0.2) is 21.6 Å². The Kier molecular flexibility index (Phi) is 5.37. The highest BCUT2D eigenvalue weighted by molar-refractivity contribution is 6.09. The third-order valence-corrected chi connectivity index (χ3v) is 5.59. The van der Waals surface area contributed by atoms with Crippen molar-refractivity contribution >= 4 is 23.2 Å². The van der Waals surface area contributed by atoms with Crippen LogP contribution in [-0.2, 0) is 9.59 Å². The summed E-state index contributed by atoms with van der Waals surface area (Å²) in [4.78, 5) is 41.3. The largest absolute Gasteiger partial charge is 0.362 e. The fourth-order valence-corrected chi connectivity index (χ4v) is 4.16. The molecule has 1 amide bonds. The van der Waals surface area contributed by atoms with Gasteiger partial charge in [-0.05, 0) is 43.9 Å². The van der Waals surface area contributed by atoms with Gasteiger partial charge in [-0.2, -0.15) is 0 Å². The highest BCUT2D eigenvalue weighted by Gasteiger charge is 2.38. The number of ketones is 1. The number of Topliss-reactive ketones (excluding diaryl/α,β-unsaturated/α-hetero) is 1.